The first-order valence-electron chi connectivity index (χ1n) is 13.9. The lowest BCUT2D eigenvalue weighted by Crippen LogP contribution is -2.32. The number of aliphatic carboxylic acids is 1. The standard InChI is InChI=1S/C32H38N4O3/c1-6-26-19-35(17-24-10-8-9-11-29(24)39-26)18-25-16-23(13-12-20(25)3)30(22(5)32(37)38)27-14-15-28-31(21(27)4)33-34-36(28)7-2/h8-16,22,26,30H,6-7,17-19H2,1-5H3,(H,37,38). The third kappa shape index (κ3) is 5.28. The van der Waals surface area contributed by atoms with Gasteiger partial charge in [-0.2, -0.15) is 0 Å². The van der Waals surface area contributed by atoms with Crippen LogP contribution < -0.4 is 4.74 Å². The lowest BCUT2D eigenvalue weighted by molar-refractivity contribution is -0.141. The number of carboxylic acids is 1. The maximum Gasteiger partial charge on any atom is 0.307 e. The van der Waals surface area contributed by atoms with Gasteiger partial charge in [0.25, 0.3) is 0 Å². The van der Waals surface area contributed by atoms with Crippen LogP contribution >= 0.6 is 0 Å². The van der Waals surface area contributed by atoms with Crippen LogP contribution in [0.2, 0.25) is 0 Å². The van der Waals surface area contributed by atoms with Gasteiger partial charge in [-0.05, 0) is 67.1 Å². The minimum absolute atomic E-state index is 0.128. The Kier molecular flexibility index (Phi) is 7.71. The van der Waals surface area contributed by atoms with Crippen LogP contribution in [-0.2, 0) is 24.4 Å². The highest BCUT2D eigenvalue weighted by Crippen LogP contribution is 2.37. The average molecular weight is 527 g/mol. The first-order valence-corrected chi connectivity index (χ1v) is 13.9. The number of carbonyl (C=O) groups is 1. The summed E-state index contributed by atoms with van der Waals surface area (Å²) < 4.78 is 8.19. The highest BCUT2D eigenvalue weighted by Gasteiger charge is 2.30. The molecule has 4 aromatic rings. The van der Waals surface area contributed by atoms with E-state index in [0.717, 1.165) is 66.1 Å². The summed E-state index contributed by atoms with van der Waals surface area (Å²) in [5.74, 6) is -0.764. The van der Waals surface area contributed by atoms with E-state index < -0.39 is 11.9 Å². The van der Waals surface area contributed by atoms with Gasteiger partial charge in [-0.15, -0.1) is 5.10 Å². The molecule has 2 heterocycles. The molecule has 1 aliphatic rings. The fourth-order valence-corrected chi connectivity index (χ4v) is 5.82. The van der Waals surface area contributed by atoms with E-state index in [-0.39, 0.29) is 12.0 Å². The summed E-state index contributed by atoms with van der Waals surface area (Å²) in [6, 6.07) is 18.8. The maximum atomic E-state index is 12.4. The molecule has 204 valence electrons. The van der Waals surface area contributed by atoms with E-state index in [1.807, 2.05) is 30.7 Å². The fourth-order valence-electron chi connectivity index (χ4n) is 5.82. The van der Waals surface area contributed by atoms with E-state index in [1.165, 1.54) is 16.7 Å². The number of aromatic nitrogens is 3. The Bertz CT molecular complexity index is 1490. The zero-order valence-corrected chi connectivity index (χ0v) is 23.5. The fraction of sp³-hybridized carbons (Fsp3) is 0.406. The zero-order valence-electron chi connectivity index (χ0n) is 23.5. The Labute approximate surface area is 230 Å². The molecule has 1 N–H and O–H groups in total. The van der Waals surface area contributed by atoms with Gasteiger partial charge in [-0.25, -0.2) is 4.68 Å². The molecule has 1 aromatic heterocycles. The van der Waals surface area contributed by atoms with Crippen LogP contribution in [0.1, 0.15) is 66.5 Å². The number of hydrogen-bond donors (Lipinski definition) is 1. The van der Waals surface area contributed by atoms with Crippen LogP contribution in [0.5, 0.6) is 5.75 Å². The van der Waals surface area contributed by atoms with Crippen LogP contribution in [0, 0.1) is 19.8 Å². The number of para-hydroxylation sites is 1. The number of ether oxygens (including phenoxy) is 1. The summed E-state index contributed by atoms with van der Waals surface area (Å²) in [6.45, 7) is 13.3. The monoisotopic (exact) mass is 526 g/mol. The highest BCUT2D eigenvalue weighted by molar-refractivity contribution is 5.81. The van der Waals surface area contributed by atoms with Crippen molar-refractivity contribution in [1.29, 1.82) is 0 Å². The molecular formula is C32H38N4O3. The van der Waals surface area contributed by atoms with E-state index in [2.05, 4.69) is 71.5 Å². The Hall–Kier alpha value is -3.71. The van der Waals surface area contributed by atoms with Gasteiger partial charge in [0.05, 0.1) is 11.4 Å². The van der Waals surface area contributed by atoms with Gasteiger partial charge in [-0.1, -0.05) is 61.5 Å². The van der Waals surface area contributed by atoms with Crippen molar-refractivity contribution >= 4 is 17.0 Å². The van der Waals surface area contributed by atoms with E-state index in [0.29, 0.717) is 0 Å². The zero-order chi connectivity index (χ0) is 27.7. The predicted molar refractivity (Wildman–Crippen MR) is 153 cm³/mol. The minimum atomic E-state index is -0.814. The van der Waals surface area contributed by atoms with Crippen LogP contribution in [0.4, 0.5) is 0 Å². The second-order valence-corrected chi connectivity index (χ2v) is 10.8. The number of rotatable bonds is 8. The minimum Gasteiger partial charge on any atom is -0.489 e. The van der Waals surface area contributed by atoms with Gasteiger partial charge in [0.2, 0.25) is 0 Å². The molecule has 0 spiro atoms. The molecule has 0 radical (unpaired) electrons. The molecule has 5 rings (SSSR count). The van der Waals surface area contributed by atoms with Crippen LogP contribution in [0.25, 0.3) is 11.0 Å². The first kappa shape index (κ1) is 26.9. The molecular weight excluding hydrogens is 488 g/mol. The third-order valence-electron chi connectivity index (χ3n) is 8.21. The molecule has 0 amide bonds. The maximum absolute atomic E-state index is 12.4. The van der Waals surface area contributed by atoms with Gasteiger partial charge >= 0.3 is 5.97 Å². The number of benzene rings is 3. The predicted octanol–water partition coefficient (Wildman–Crippen LogP) is 6.09. The second-order valence-electron chi connectivity index (χ2n) is 10.8. The lowest BCUT2D eigenvalue weighted by atomic mass is 9.79. The molecule has 7 nitrogen and oxygen atoms in total. The van der Waals surface area contributed by atoms with E-state index >= 15 is 0 Å². The van der Waals surface area contributed by atoms with Crippen molar-refractivity contribution in [3.8, 4) is 5.75 Å². The van der Waals surface area contributed by atoms with Crippen molar-refractivity contribution in [1.82, 2.24) is 19.9 Å². The topological polar surface area (TPSA) is 80.5 Å². The Morgan fingerprint density at radius 2 is 1.92 bits per heavy atom. The number of aryl methyl sites for hydroxylation is 3. The molecule has 1 aliphatic heterocycles. The molecule has 3 unspecified atom stereocenters. The van der Waals surface area contributed by atoms with Crippen molar-refractivity contribution < 1.29 is 14.6 Å². The number of hydrogen-bond acceptors (Lipinski definition) is 5. The molecule has 0 saturated carbocycles. The molecule has 3 aromatic carbocycles. The van der Waals surface area contributed by atoms with Gasteiger partial charge in [0, 0.05) is 37.7 Å². The SMILES string of the molecule is CCC1CN(Cc2cc(C(c3ccc4c(nnn4CC)c3C)C(C)C(=O)O)ccc2C)Cc2ccccc2O1. The normalized spacial score (nSPS) is 17.3. The van der Waals surface area contributed by atoms with Crippen molar-refractivity contribution in [2.75, 3.05) is 6.54 Å². The van der Waals surface area contributed by atoms with Gasteiger partial charge in [-0.3, -0.25) is 9.69 Å². The number of nitrogens with zero attached hydrogens (tertiary/aromatic N) is 4. The quantitative estimate of drug-likeness (QED) is 0.299. The second kappa shape index (κ2) is 11.2. The van der Waals surface area contributed by atoms with Crippen LogP contribution in [-0.4, -0.2) is 43.6 Å². The van der Waals surface area contributed by atoms with Crippen molar-refractivity contribution in [3.05, 3.63) is 88.0 Å². The van der Waals surface area contributed by atoms with Crippen LogP contribution in [0.3, 0.4) is 0 Å². The van der Waals surface area contributed by atoms with Crippen LogP contribution in [0.15, 0.2) is 54.6 Å². The highest BCUT2D eigenvalue weighted by atomic mass is 16.5. The van der Waals surface area contributed by atoms with Gasteiger partial charge in [0.15, 0.2) is 0 Å². The average Bonchev–Trinajstić information content (AvgIpc) is 3.27. The number of carboxylic acid groups (broad SMARTS) is 1. The molecule has 7 heteroatoms. The molecule has 3 atom stereocenters. The smallest absolute Gasteiger partial charge is 0.307 e. The summed E-state index contributed by atoms with van der Waals surface area (Å²) >= 11 is 0. The largest absolute Gasteiger partial charge is 0.489 e. The van der Waals surface area contributed by atoms with Crippen molar-refractivity contribution in [3.63, 3.8) is 0 Å². The first-order chi connectivity index (χ1) is 18.8. The summed E-state index contributed by atoms with van der Waals surface area (Å²) in [5.41, 5.74) is 8.39. The molecule has 0 fully saturated rings. The summed E-state index contributed by atoms with van der Waals surface area (Å²) in [4.78, 5) is 14.8. The molecule has 0 saturated heterocycles. The van der Waals surface area contributed by atoms with E-state index in [9.17, 15) is 9.90 Å². The molecule has 39 heavy (non-hydrogen) atoms. The third-order valence-corrected chi connectivity index (χ3v) is 8.21. The van der Waals surface area contributed by atoms with Gasteiger partial charge < -0.3 is 9.84 Å². The summed E-state index contributed by atoms with van der Waals surface area (Å²) in [7, 11) is 0. The Balaban J connectivity index is 1.53. The lowest BCUT2D eigenvalue weighted by Gasteiger charge is -2.27. The van der Waals surface area contributed by atoms with E-state index in [1.54, 1.807) is 6.92 Å². The summed E-state index contributed by atoms with van der Waals surface area (Å²) in [6.07, 6.45) is 1.06. The van der Waals surface area contributed by atoms with Crippen molar-refractivity contribution in [2.45, 2.75) is 72.7 Å². The van der Waals surface area contributed by atoms with Gasteiger partial charge in [0.1, 0.15) is 17.4 Å². The Morgan fingerprint density at radius 1 is 1.13 bits per heavy atom. The molecule has 0 bridgehead atoms. The number of fused-ring (bicyclic) bond motifs is 2. The van der Waals surface area contributed by atoms with Crippen molar-refractivity contribution in [2.24, 2.45) is 5.92 Å². The Morgan fingerprint density at radius 3 is 2.67 bits per heavy atom. The van der Waals surface area contributed by atoms with E-state index in [4.69, 9.17) is 4.74 Å². The molecule has 0 aliphatic carbocycles. The summed E-state index contributed by atoms with van der Waals surface area (Å²) in [5, 5.41) is 18.9.